The fraction of sp³-hybridized carbons (Fsp3) is 0.929. The molecule has 3 nitrogen and oxygen atoms in total. The molecule has 0 saturated heterocycles. The zero-order valence-electron chi connectivity index (χ0n) is 11.2. The van der Waals surface area contributed by atoms with Crippen LogP contribution in [0.15, 0.2) is 0 Å². The first-order valence-corrected chi connectivity index (χ1v) is 7.18. The molecule has 0 aliphatic heterocycles. The van der Waals surface area contributed by atoms with Crippen molar-refractivity contribution >= 4 is 18.3 Å². The van der Waals surface area contributed by atoms with Crippen LogP contribution < -0.4 is 11.1 Å². The van der Waals surface area contributed by atoms with Gasteiger partial charge in [0.25, 0.3) is 0 Å². The van der Waals surface area contributed by atoms with Crippen molar-refractivity contribution in [3.8, 4) is 0 Å². The Kier molecular flexibility index (Phi) is 3.93. The van der Waals surface area contributed by atoms with E-state index in [-0.39, 0.29) is 18.3 Å². The quantitative estimate of drug-likeness (QED) is 0.828. The largest absolute Gasteiger partial charge is 0.352 e. The number of amides is 1. The van der Waals surface area contributed by atoms with Gasteiger partial charge in [-0.25, -0.2) is 0 Å². The van der Waals surface area contributed by atoms with Crippen molar-refractivity contribution in [2.75, 3.05) is 0 Å². The highest BCUT2D eigenvalue weighted by Crippen LogP contribution is 2.49. The lowest BCUT2D eigenvalue weighted by molar-refractivity contribution is -0.130. The molecule has 104 valence electrons. The first-order valence-electron chi connectivity index (χ1n) is 7.18. The molecule has 0 radical (unpaired) electrons. The molecule has 4 heteroatoms. The molecule has 2 bridgehead atoms. The summed E-state index contributed by atoms with van der Waals surface area (Å²) in [7, 11) is 0. The summed E-state index contributed by atoms with van der Waals surface area (Å²) in [6.07, 6.45) is 8.35. The fourth-order valence-corrected chi connectivity index (χ4v) is 4.15. The molecule has 0 aromatic carbocycles. The van der Waals surface area contributed by atoms with Gasteiger partial charge in [0.2, 0.25) is 5.91 Å². The number of hydrogen-bond donors (Lipinski definition) is 2. The number of nitrogens with one attached hydrogen (secondary N) is 1. The van der Waals surface area contributed by atoms with Gasteiger partial charge in [-0.2, -0.15) is 0 Å². The number of hydrogen-bond acceptors (Lipinski definition) is 2. The van der Waals surface area contributed by atoms with Crippen molar-refractivity contribution in [3.05, 3.63) is 0 Å². The molecular weight excluding hydrogens is 248 g/mol. The maximum absolute atomic E-state index is 12.1. The third-order valence-corrected chi connectivity index (χ3v) is 5.49. The average molecular weight is 273 g/mol. The lowest BCUT2D eigenvalue weighted by Crippen LogP contribution is -2.60. The normalized spacial score (nSPS) is 37.6. The van der Waals surface area contributed by atoms with Gasteiger partial charge < -0.3 is 11.1 Å². The minimum absolute atomic E-state index is 0. The van der Waals surface area contributed by atoms with Crippen LogP contribution in [0, 0.1) is 17.8 Å². The highest BCUT2D eigenvalue weighted by Gasteiger charge is 2.45. The average Bonchev–Trinajstić information content (AvgIpc) is 2.87. The van der Waals surface area contributed by atoms with Crippen molar-refractivity contribution < 1.29 is 4.79 Å². The molecule has 18 heavy (non-hydrogen) atoms. The lowest BCUT2D eigenvalue weighted by Gasteiger charge is -2.38. The summed E-state index contributed by atoms with van der Waals surface area (Å²) in [6.45, 7) is 2.17. The Morgan fingerprint density at radius 1 is 1.33 bits per heavy atom. The van der Waals surface area contributed by atoms with Gasteiger partial charge in [-0.1, -0.05) is 6.42 Å². The van der Waals surface area contributed by atoms with Crippen molar-refractivity contribution in [2.24, 2.45) is 23.5 Å². The second-order valence-electron chi connectivity index (χ2n) is 6.61. The molecule has 1 amide bonds. The Morgan fingerprint density at radius 2 is 2.06 bits per heavy atom. The van der Waals surface area contributed by atoms with Gasteiger partial charge in [0, 0.05) is 6.04 Å². The van der Waals surface area contributed by atoms with Gasteiger partial charge in [-0.05, 0) is 63.2 Å². The van der Waals surface area contributed by atoms with E-state index in [9.17, 15) is 4.79 Å². The minimum Gasteiger partial charge on any atom is -0.352 e. The Balaban J connectivity index is 0.00000120. The number of fused-ring (bicyclic) bond motifs is 2. The van der Waals surface area contributed by atoms with Crippen LogP contribution in [-0.2, 0) is 4.79 Å². The standard InChI is InChI=1S/C14H24N2O.ClH/c1-9(12-8-10-3-4-11(12)7-10)16-13(17)14(15)5-2-6-14;/h9-12H,2-8,15H2,1H3,(H,16,17);1H. The molecule has 4 atom stereocenters. The Bertz CT molecular complexity index is 330. The first-order chi connectivity index (χ1) is 8.08. The van der Waals surface area contributed by atoms with Crippen LogP contribution in [0.4, 0.5) is 0 Å². The van der Waals surface area contributed by atoms with Crippen LogP contribution >= 0.6 is 12.4 Å². The van der Waals surface area contributed by atoms with Crippen molar-refractivity contribution in [1.82, 2.24) is 5.32 Å². The summed E-state index contributed by atoms with van der Waals surface area (Å²) >= 11 is 0. The van der Waals surface area contributed by atoms with E-state index in [0.717, 1.165) is 31.1 Å². The molecule has 0 heterocycles. The topological polar surface area (TPSA) is 55.1 Å². The lowest BCUT2D eigenvalue weighted by atomic mass is 9.76. The number of halogens is 1. The van der Waals surface area contributed by atoms with Crippen LogP contribution in [0.3, 0.4) is 0 Å². The van der Waals surface area contributed by atoms with E-state index < -0.39 is 5.54 Å². The molecule has 4 unspecified atom stereocenters. The Labute approximate surface area is 116 Å². The summed E-state index contributed by atoms with van der Waals surface area (Å²) in [5.41, 5.74) is 5.52. The molecule has 3 aliphatic carbocycles. The van der Waals surface area contributed by atoms with Crippen LogP contribution in [-0.4, -0.2) is 17.5 Å². The van der Waals surface area contributed by atoms with E-state index in [1.165, 1.54) is 25.7 Å². The highest BCUT2D eigenvalue weighted by atomic mass is 35.5. The molecule has 3 fully saturated rings. The number of carbonyl (C=O) groups excluding carboxylic acids is 1. The van der Waals surface area contributed by atoms with Crippen molar-refractivity contribution in [2.45, 2.75) is 63.5 Å². The van der Waals surface area contributed by atoms with Crippen molar-refractivity contribution in [3.63, 3.8) is 0 Å². The molecule has 0 spiro atoms. The molecular formula is C14H25ClN2O. The van der Waals surface area contributed by atoms with Crippen molar-refractivity contribution in [1.29, 1.82) is 0 Å². The summed E-state index contributed by atoms with van der Waals surface area (Å²) in [5.74, 6) is 2.62. The molecule has 3 rings (SSSR count). The Hall–Kier alpha value is -0.280. The molecule has 3 aliphatic rings. The van der Waals surface area contributed by atoms with Gasteiger partial charge in [0.05, 0.1) is 5.54 Å². The smallest absolute Gasteiger partial charge is 0.240 e. The maximum atomic E-state index is 12.1. The molecule has 0 aromatic rings. The van der Waals surface area contributed by atoms with E-state index in [1.807, 2.05) is 0 Å². The number of rotatable bonds is 3. The van der Waals surface area contributed by atoms with E-state index in [2.05, 4.69) is 12.2 Å². The van der Waals surface area contributed by atoms with E-state index in [1.54, 1.807) is 0 Å². The van der Waals surface area contributed by atoms with Crippen LogP contribution in [0.5, 0.6) is 0 Å². The molecule has 3 N–H and O–H groups in total. The zero-order valence-corrected chi connectivity index (χ0v) is 12.0. The van der Waals surface area contributed by atoms with Crippen LogP contribution in [0.1, 0.15) is 51.9 Å². The number of nitrogens with two attached hydrogens (primary N) is 1. The SMILES string of the molecule is CC(NC(=O)C1(N)CCC1)C1CC2CCC1C2.Cl. The Morgan fingerprint density at radius 3 is 2.50 bits per heavy atom. The van der Waals surface area contributed by atoms with E-state index >= 15 is 0 Å². The third-order valence-electron chi connectivity index (χ3n) is 5.49. The summed E-state index contributed by atoms with van der Waals surface area (Å²) in [4.78, 5) is 12.1. The van der Waals surface area contributed by atoms with Gasteiger partial charge in [-0.3, -0.25) is 4.79 Å². The first kappa shape index (κ1) is 14.1. The van der Waals surface area contributed by atoms with Crippen LogP contribution in [0.2, 0.25) is 0 Å². The summed E-state index contributed by atoms with van der Waals surface area (Å²) in [5, 5.41) is 3.19. The predicted molar refractivity (Wildman–Crippen MR) is 74.6 cm³/mol. The highest BCUT2D eigenvalue weighted by molar-refractivity contribution is 5.87. The van der Waals surface area contributed by atoms with E-state index in [4.69, 9.17) is 5.73 Å². The molecule has 0 aromatic heterocycles. The maximum Gasteiger partial charge on any atom is 0.240 e. The number of carbonyl (C=O) groups is 1. The third kappa shape index (κ3) is 2.27. The van der Waals surface area contributed by atoms with E-state index in [0.29, 0.717) is 12.0 Å². The summed E-state index contributed by atoms with van der Waals surface area (Å²) < 4.78 is 0. The van der Waals surface area contributed by atoms with Gasteiger partial charge >= 0.3 is 0 Å². The van der Waals surface area contributed by atoms with Gasteiger partial charge in [0.1, 0.15) is 0 Å². The van der Waals surface area contributed by atoms with Crippen LogP contribution in [0.25, 0.3) is 0 Å². The second kappa shape index (κ2) is 5.01. The summed E-state index contributed by atoms with van der Waals surface area (Å²) in [6, 6.07) is 0.318. The predicted octanol–water partition coefficient (Wildman–Crippen LogP) is 2.23. The van der Waals surface area contributed by atoms with Gasteiger partial charge in [0.15, 0.2) is 0 Å². The monoisotopic (exact) mass is 272 g/mol. The fourth-order valence-electron chi connectivity index (χ4n) is 4.15. The molecule has 3 saturated carbocycles. The minimum atomic E-state index is -0.536. The second-order valence-corrected chi connectivity index (χ2v) is 6.61. The van der Waals surface area contributed by atoms with Gasteiger partial charge in [-0.15, -0.1) is 12.4 Å². The zero-order chi connectivity index (χ0) is 12.0.